The summed E-state index contributed by atoms with van der Waals surface area (Å²) >= 11 is 0. The van der Waals surface area contributed by atoms with Crippen molar-refractivity contribution in [3.63, 3.8) is 0 Å². The van der Waals surface area contributed by atoms with E-state index < -0.39 is 0 Å². The first-order valence-corrected chi connectivity index (χ1v) is 8.65. The second-order valence-electron chi connectivity index (χ2n) is 6.61. The highest BCUT2D eigenvalue weighted by Gasteiger charge is 2.39. The van der Waals surface area contributed by atoms with Gasteiger partial charge in [0.15, 0.2) is 0 Å². The molecule has 0 radical (unpaired) electrons. The molecular weight excluding hydrogens is 282 g/mol. The predicted octanol–water partition coefficient (Wildman–Crippen LogP) is 0.873. The van der Waals surface area contributed by atoms with E-state index in [1.807, 2.05) is 4.90 Å². The van der Waals surface area contributed by atoms with Crippen LogP contribution in [-0.4, -0.2) is 72.0 Å². The maximum atomic E-state index is 12.5. The number of amides is 2. The molecule has 0 aliphatic carbocycles. The van der Waals surface area contributed by atoms with Crippen LogP contribution in [0.2, 0.25) is 0 Å². The highest BCUT2D eigenvalue weighted by atomic mass is 16.7. The van der Waals surface area contributed by atoms with Gasteiger partial charge in [-0.05, 0) is 38.8 Å². The molecule has 3 rings (SSSR count). The first-order chi connectivity index (χ1) is 10.7. The Morgan fingerprint density at radius 2 is 2.14 bits per heavy atom. The molecule has 22 heavy (non-hydrogen) atoms. The third-order valence-electron chi connectivity index (χ3n) is 5.15. The largest absolute Gasteiger partial charge is 0.340 e. The van der Waals surface area contributed by atoms with Gasteiger partial charge in [-0.25, -0.2) is 5.06 Å². The van der Waals surface area contributed by atoms with Gasteiger partial charge < -0.3 is 4.90 Å². The Balaban J connectivity index is 1.55. The molecule has 0 unspecified atom stereocenters. The molecule has 0 N–H and O–H groups in total. The van der Waals surface area contributed by atoms with Crippen molar-refractivity contribution in [2.45, 2.75) is 45.1 Å². The smallest absolute Gasteiger partial charge is 0.251 e. The average molecular weight is 309 g/mol. The number of likely N-dealkylation sites (N-methyl/N-ethyl adjacent to an activating group) is 1. The summed E-state index contributed by atoms with van der Waals surface area (Å²) in [6.07, 6.45) is 4.71. The topological polar surface area (TPSA) is 53.1 Å². The summed E-state index contributed by atoms with van der Waals surface area (Å²) in [5.41, 5.74) is 0. The van der Waals surface area contributed by atoms with Gasteiger partial charge in [0.25, 0.3) is 5.91 Å². The molecular formula is C16H27N3O3. The van der Waals surface area contributed by atoms with Gasteiger partial charge in [-0.3, -0.25) is 19.3 Å². The van der Waals surface area contributed by atoms with Gasteiger partial charge in [-0.15, -0.1) is 0 Å². The molecule has 0 aromatic heterocycles. The van der Waals surface area contributed by atoms with Gasteiger partial charge in [-0.2, -0.15) is 0 Å². The number of carbonyl (C=O) groups excluding carboxylic acids is 2. The molecule has 0 spiro atoms. The normalized spacial score (nSPS) is 30.3. The molecule has 3 heterocycles. The molecule has 6 heteroatoms. The number of nitrogens with zero attached hydrogens (tertiary/aromatic N) is 3. The van der Waals surface area contributed by atoms with Crippen LogP contribution in [0, 0.1) is 5.92 Å². The molecule has 3 aliphatic heterocycles. The van der Waals surface area contributed by atoms with Gasteiger partial charge in [-0.1, -0.05) is 6.92 Å². The van der Waals surface area contributed by atoms with E-state index in [-0.39, 0.29) is 17.7 Å². The summed E-state index contributed by atoms with van der Waals surface area (Å²) in [6, 6.07) is 0.467. The quantitative estimate of drug-likeness (QED) is 0.773. The Morgan fingerprint density at radius 3 is 2.86 bits per heavy atom. The van der Waals surface area contributed by atoms with Crippen LogP contribution in [-0.2, 0) is 14.4 Å². The number of likely N-dealkylation sites (tertiary alicyclic amines) is 2. The lowest BCUT2D eigenvalue weighted by Gasteiger charge is -2.29. The molecule has 3 saturated heterocycles. The molecule has 3 aliphatic rings. The van der Waals surface area contributed by atoms with Crippen molar-refractivity contribution in [1.82, 2.24) is 14.9 Å². The fraction of sp³-hybridized carbons (Fsp3) is 0.875. The molecule has 0 aromatic carbocycles. The van der Waals surface area contributed by atoms with Gasteiger partial charge in [0.1, 0.15) is 0 Å². The van der Waals surface area contributed by atoms with Crippen LogP contribution in [0.15, 0.2) is 0 Å². The second-order valence-corrected chi connectivity index (χ2v) is 6.61. The number of hydrogen-bond donors (Lipinski definition) is 0. The molecule has 124 valence electrons. The van der Waals surface area contributed by atoms with Crippen LogP contribution < -0.4 is 0 Å². The molecule has 2 amide bonds. The van der Waals surface area contributed by atoms with Crippen molar-refractivity contribution in [1.29, 1.82) is 0 Å². The maximum Gasteiger partial charge on any atom is 0.251 e. The van der Waals surface area contributed by atoms with Crippen LogP contribution in [0.1, 0.15) is 39.0 Å². The minimum Gasteiger partial charge on any atom is -0.340 e. The Bertz CT molecular complexity index is 423. The van der Waals surface area contributed by atoms with Crippen LogP contribution in [0.5, 0.6) is 0 Å². The lowest BCUT2D eigenvalue weighted by molar-refractivity contribution is -0.200. The maximum absolute atomic E-state index is 12.5. The number of rotatable bonds is 4. The van der Waals surface area contributed by atoms with E-state index in [1.165, 1.54) is 11.5 Å². The van der Waals surface area contributed by atoms with Gasteiger partial charge in [0, 0.05) is 32.1 Å². The Kier molecular flexibility index (Phi) is 4.98. The Hall–Kier alpha value is -1.14. The summed E-state index contributed by atoms with van der Waals surface area (Å²) < 4.78 is 0. The fourth-order valence-electron chi connectivity index (χ4n) is 3.86. The van der Waals surface area contributed by atoms with E-state index in [0.717, 1.165) is 38.9 Å². The highest BCUT2D eigenvalue weighted by molar-refractivity contribution is 5.88. The first kappa shape index (κ1) is 15.7. The van der Waals surface area contributed by atoms with Gasteiger partial charge >= 0.3 is 0 Å². The summed E-state index contributed by atoms with van der Waals surface area (Å²) in [7, 11) is 0. The summed E-state index contributed by atoms with van der Waals surface area (Å²) in [5, 5.41) is 1.48. The van der Waals surface area contributed by atoms with E-state index in [0.29, 0.717) is 32.2 Å². The van der Waals surface area contributed by atoms with Crippen molar-refractivity contribution < 1.29 is 14.4 Å². The number of hydrogen-bond acceptors (Lipinski definition) is 4. The highest BCUT2D eigenvalue weighted by Crippen LogP contribution is 2.25. The zero-order chi connectivity index (χ0) is 15.5. The molecule has 6 nitrogen and oxygen atoms in total. The van der Waals surface area contributed by atoms with Crippen molar-refractivity contribution in [3.8, 4) is 0 Å². The molecule has 2 atom stereocenters. The summed E-state index contributed by atoms with van der Waals surface area (Å²) in [6.45, 7) is 6.95. The standard InChI is InChI=1S/C16H27N3O3/c1-2-17-7-5-6-14(17)12-18-11-13(10-15(18)20)16(21)19-8-3-4-9-22-19/h13-14H,2-12H2,1H3/t13-,14+/m0/s1. The van der Waals surface area contributed by atoms with Crippen molar-refractivity contribution >= 4 is 11.8 Å². The molecule has 0 bridgehead atoms. The summed E-state index contributed by atoms with van der Waals surface area (Å²) in [5.74, 6) is -0.102. The predicted molar refractivity (Wildman–Crippen MR) is 81.9 cm³/mol. The zero-order valence-electron chi connectivity index (χ0n) is 13.5. The van der Waals surface area contributed by atoms with Gasteiger partial charge in [0.05, 0.1) is 12.5 Å². The number of carbonyl (C=O) groups is 2. The molecule has 0 saturated carbocycles. The SMILES string of the molecule is CCN1CCC[C@@H]1CN1C[C@@H](C(=O)N2CCCCO2)CC1=O. The average Bonchev–Trinajstić information content (AvgIpc) is 3.15. The van der Waals surface area contributed by atoms with Crippen LogP contribution in [0.3, 0.4) is 0 Å². The third kappa shape index (κ3) is 3.27. The van der Waals surface area contributed by atoms with Gasteiger partial charge in [0.2, 0.25) is 5.91 Å². The number of hydroxylamine groups is 2. The van der Waals surface area contributed by atoms with Crippen LogP contribution >= 0.6 is 0 Å². The minimum absolute atomic E-state index is 0.00526. The van der Waals surface area contributed by atoms with E-state index in [2.05, 4.69) is 11.8 Å². The minimum atomic E-state index is -0.220. The van der Waals surface area contributed by atoms with Crippen LogP contribution in [0.25, 0.3) is 0 Å². The van der Waals surface area contributed by atoms with Crippen molar-refractivity contribution in [2.75, 3.05) is 39.3 Å². The van der Waals surface area contributed by atoms with Crippen LogP contribution in [0.4, 0.5) is 0 Å². The lowest BCUT2D eigenvalue weighted by atomic mass is 10.1. The molecule has 0 aromatic rings. The van der Waals surface area contributed by atoms with E-state index in [9.17, 15) is 9.59 Å². The third-order valence-corrected chi connectivity index (χ3v) is 5.15. The summed E-state index contributed by atoms with van der Waals surface area (Å²) in [4.78, 5) is 34.5. The Morgan fingerprint density at radius 1 is 1.27 bits per heavy atom. The fourth-order valence-corrected chi connectivity index (χ4v) is 3.86. The van der Waals surface area contributed by atoms with E-state index >= 15 is 0 Å². The second kappa shape index (κ2) is 6.96. The molecule has 3 fully saturated rings. The van der Waals surface area contributed by atoms with Crippen molar-refractivity contribution in [3.05, 3.63) is 0 Å². The first-order valence-electron chi connectivity index (χ1n) is 8.65. The van der Waals surface area contributed by atoms with Crippen molar-refractivity contribution in [2.24, 2.45) is 5.92 Å². The zero-order valence-corrected chi connectivity index (χ0v) is 13.5. The Labute approximate surface area is 132 Å². The van der Waals surface area contributed by atoms with E-state index in [4.69, 9.17) is 4.84 Å². The monoisotopic (exact) mass is 309 g/mol. The van der Waals surface area contributed by atoms with E-state index in [1.54, 1.807) is 0 Å². The lowest BCUT2D eigenvalue weighted by Crippen LogP contribution is -2.43.